The summed E-state index contributed by atoms with van der Waals surface area (Å²) in [6.45, 7) is 10.0. The molecule has 5 rings (SSSR count). The molecule has 0 N–H and O–H groups in total. The minimum Gasteiger partial charge on any atom is -0.449 e. The SMILES string of the molecule is CC(C)(C)c1cc(-c2ccc(Cl)c(F)c2)nc2cc(C(=O)N3CCN(c4cccnn4)C(=O)C3(C)C)oc12. The first kappa shape index (κ1) is 25.8. The van der Waals surface area contributed by atoms with E-state index < -0.39 is 17.3 Å². The standard InChI is InChI=1S/C28H27ClFN5O3/c1-27(2,3)17-14-20(16-8-9-18(29)19(30)13-16)32-21-15-22(38-24(17)21)25(36)35-12-11-34(26(37)28(35,4)5)23-7-6-10-31-33-23/h6-10,13-15H,11-12H2,1-5H3. The van der Waals surface area contributed by atoms with Crippen LogP contribution in [0.5, 0.6) is 0 Å². The number of rotatable bonds is 3. The van der Waals surface area contributed by atoms with Crippen molar-refractivity contribution in [2.24, 2.45) is 0 Å². The number of furan rings is 1. The molecule has 1 aliphatic heterocycles. The van der Waals surface area contributed by atoms with Crippen LogP contribution in [0.15, 0.2) is 53.1 Å². The molecule has 4 aromatic rings. The van der Waals surface area contributed by atoms with Crippen LogP contribution >= 0.6 is 11.6 Å². The summed E-state index contributed by atoms with van der Waals surface area (Å²) in [7, 11) is 0. The predicted octanol–water partition coefficient (Wildman–Crippen LogP) is 5.64. The quantitative estimate of drug-likeness (QED) is 0.337. The number of fused-ring (bicyclic) bond motifs is 1. The normalized spacial score (nSPS) is 15.8. The Labute approximate surface area is 224 Å². The molecule has 8 nitrogen and oxygen atoms in total. The second-order valence-corrected chi connectivity index (χ2v) is 11.2. The molecule has 0 unspecified atom stereocenters. The van der Waals surface area contributed by atoms with Gasteiger partial charge in [0.2, 0.25) is 0 Å². The van der Waals surface area contributed by atoms with Crippen molar-refractivity contribution < 1.29 is 18.4 Å². The lowest BCUT2D eigenvalue weighted by molar-refractivity contribution is -0.129. The molecule has 1 fully saturated rings. The van der Waals surface area contributed by atoms with Crippen molar-refractivity contribution in [3.8, 4) is 11.3 Å². The summed E-state index contributed by atoms with van der Waals surface area (Å²) in [5.41, 5.74) is 1.32. The number of halogens is 2. The summed E-state index contributed by atoms with van der Waals surface area (Å²) >= 11 is 5.87. The Morgan fingerprint density at radius 3 is 2.55 bits per heavy atom. The fourth-order valence-corrected chi connectivity index (χ4v) is 4.78. The predicted molar refractivity (Wildman–Crippen MR) is 143 cm³/mol. The zero-order valence-corrected chi connectivity index (χ0v) is 22.5. The lowest BCUT2D eigenvalue weighted by Crippen LogP contribution is -2.64. The molecule has 196 valence electrons. The smallest absolute Gasteiger partial charge is 0.290 e. The molecule has 0 saturated carbocycles. The van der Waals surface area contributed by atoms with Gasteiger partial charge in [0.1, 0.15) is 16.9 Å². The number of hydrogen-bond acceptors (Lipinski definition) is 6. The number of carbonyl (C=O) groups is 2. The van der Waals surface area contributed by atoms with Crippen LogP contribution < -0.4 is 4.90 Å². The molecule has 4 heterocycles. The zero-order valence-electron chi connectivity index (χ0n) is 21.7. The summed E-state index contributed by atoms with van der Waals surface area (Å²) in [6.07, 6.45) is 1.54. The Kier molecular flexibility index (Phi) is 6.22. The summed E-state index contributed by atoms with van der Waals surface area (Å²) in [5, 5.41) is 7.93. The lowest BCUT2D eigenvalue weighted by Gasteiger charge is -2.44. The summed E-state index contributed by atoms with van der Waals surface area (Å²) in [5.74, 6) is -0.717. The number of piperazine rings is 1. The highest BCUT2D eigenvalue weighted by atomic mass is 35.5. The van der Waals surface area contributed by atoms with Crippen LogP contribution in [0.3, 0.4) is 0 Å². The molecule has 0 aliphatic carbocycles. The molecule has 10 heteroatoms. The first-order chi connectivity index (χ1) is 17.9. The van der Waals surface area contributed by atoms with Crippen LogP contribution in [0, 0.1) is 5.82 Å². The topological polar surface area (TPSA) is 92.4 Å². The molecular weight excluding hydrogens is 509 g/mol. The van der Waals surface area contributed by atoms with E-state index in [1.807, 2.05) is 26.8 Å². The molecule has 1 saturated heterocycles. The van der Waals surface area contributed by atoms with Crippen molar-refractivity contribution in [2.45, 2.75) is 45.6 Å². The number of nitrogens with zero attached hydrogens (tertiary/aromatic N) is 5. The second-order valence-electron chi connectivity index (χ2n) is 10.8. The summed E-state index contributed by atoms with van der Waals surface area (Å²) < 4.78 is 20.3. The van der Waals surface area contributed by atoms with E-state index in [0.29, 0.717) is 28.2 Å². The van der Waals surface area contributed by atoms with Gasteiger partial charge in [-0.2, -0.15) is 5.10 Å². The number of anilines is 1. The van der Waals surface area contributed by atoms with Gasteiger partial charge in [0.15, 0.2) is 17.2 Å². The number of benzene rings is 1. The average Bonchev–Trinajstić information content (AvgIpc) is 3.30. The minimum absolute atomic E-state index is 0.0265. The van der Waals surface area contributed by atoms with Crippen LogP contribution in [-0.4, -0.2) is 50.5 Å². The Bertz CT molecular complexity index is 1560. The Hall–Kier alpha value is -3.85. The van der Waals surface area contributed by atoms with Gasteiger partial charge in [0.05, 0.1) is 10.7 Å². The van der Waals surface area contributed by atoms with Gasteiger partial charge in [-0.25, -0.2) is 9.37 Å². The van der Waals surface area contributed by atoms with Crippen LogP contribution in [-0.2, 0) is 10.2 Å². The Morgan fingerprint density at radius 1 is 1.13 bits per heavy atom. The van der Waals surface area contributed by atoms with Crippen LogP contribution in [0.2, 0.25) is 5.02 Å². The van der Waals surface area contributed by atoms with Gasteiger partial charge in [-0.3, -0.25) is 14.5 Å². The van der Waals surface area contributed by atoms with Gasteiger partial charge in [0.25, 0.3) is 11.8 Å². The zero-order chi connectivity index (χ0) is 27.4. The number of hydrogen-bond donors (Lipinski definition) is 0. The Morgan fingerprint density at radius 2 is 1.89 bits per heavy atom. The molecule has 38 heavy (non-hydrogen) atoms. The van der Waals surface area contributed by atoms with E-state index in [1.54, 1.807) is 38.1 Å². The number of carbonyl (C=O) groups excluding carboxylic acids is 2. The maximum absolute atomic E-state index is 14.2. The van der Waals surface area contributed by atoms with Gasteiger partial charge < -0.3 is 9.32 Å². The molecule has 1 aliphatic rings. The van der Waals surface area contributed by atoms with E-state index in [0.717, 1.165) is 5.56 Å². The van der Waals surface area contributed by atoms with Gasteiger partial charge in [-0.15, -0.1) is 5.10 Å². The Balaban J connectivity index is 1.53. The van der Waals surface area contributed by atoms with Gasteiger partial charge in [-0.05, 0) is 49.6 Å². The van der Waals surface area contributed by atoms with Gasteiger partial charge in [0, 0.05) is 36.5 Å². The van der Waals surface area contributed by atoms with E-state index in [9.17, 15) is 14.0 Å². The van der Waals surface area contributed by atoms with E-state index in [4.69, 9.17) is 16.0 Å². The average molecular weight is 536 g/mol. The largest absolute Gasteiger partial charge is 0.449 e. The number of pyridine rings is 1. The molecule has 0 atom stereocenters. The maximum atomic E-state index is 14.2. The summed E-state index contributed by atoms with van der Waals surface area (Å²) in [6, 6.07) is 11.4. The van der Waals surface area contributed by atoms with Crippen LogP contribution in [0.25, 0.3) is 22.4 Å². The molecular formula is C28H27ClFN5O3. The molecule has 2 amide bonds. The van der Waals surface area contributed by atoms with Gasteiger partial charge in [-0.1, -0.05) is 38.4 Å². The van der Waals surface area contributed by atoms with E-state index in [-0.39, 0.29) is 35.2 Å². The first-order valence-electron chi connectivity index (χ1n) is 12.2. The highest BCUT2D eigenvalue weighted by Crippen LogP contribution is 2.36. The van der Waals surface area contributed by atoms with Crippen molar-refractivity contribution in [3.63, 3.8) is 0 Å². The van der Waals surface area contributed by atoms with Crippen molar-refractivity contribution in [1.29, 1.82) is 0 Å². The molecule has 3 aromatic heterocycles. The highest BCUT2D eigenvalue weighted by molar-refractivity contribution is 6.30. The third-order valence-corrected chi connectivity index (χ3v) is 7.09. The van der Waals surface area contributed by atoms with Crippen molar-refractivity contribution in [3.05, 3.63) is 70.8 Å². The van der Waals surface area contributed by atoms with Crippen molar-refractivity contribution in [2.75, 3.05) is 18.0 Å². The van der Waals surface area contributed by atoms with E-state index in [1.165, 1.54) is 28.1 Å². The third-order valence-electron chi connectivity index (χ3n) is 6.78. The summed E-state index contributed by atoms with van der Waals surface area (Å²) in [4.78, 5) is 34.8. The van der Waals surface area contributed by atoms with Gasteiger partial charge >= 0.3 is 0 Å². The fraction of sp³-hybridized carbons (Fsp3) is 0.321. The van der Waals surface area contributed by atoms with Crippen molar-refractivity contribution >= 4 is 40.3 Å². The molecule has 0 spiro atoms. The number of amides is 2. The van der Waals surface area contributed by atoms with Crippen LogP contribution in [0.1, 0.15) is 50.7 Å². The van der Waals surface area contributed by atoms with E-state index in [2.05, 4.69) is 15.2 Å². The monoisotopic (exact) mass is 535 g/mol. The number of aromatic nitrogens is 3. The van der Waals surface area contributed by atoms with Crippen LogP contribution in [0.4, 0.5) is 10.2 Å². The first-order valence-corrected chi connectivity index (χ1v) is 12.6. The molecule has 0 radical (unpaired) electrons. The third kappa shape index (κ3) is 4.41. The molecule has 1 aromatic carbocycles. The highest BCUT2D eigenvalue weighted by Gasteiger charge is 2.46. The fourth-order valence-electron chi connectivity index (χ4n) is 4.66. The molecule has 0 bridgehead atoms. The second kappa shape index (κ2) is 9.16. The lowest BCUT2D eigenvalue weighted by atomic mass is 9.86. The van der Waals surface area contributed by atoms with Crippen molar-refractivity contribution in [1.82, 2.24) is 20.1 Å². The maximum Gasteiger partial charge on any atom is 0.290 e. The van der Waals surface area contributed by atoms with E-state index >= 15 is 0 Å². The minimum atomic E-state index is -1.15.